The van der Waals surface area contributed by atoms with Gasteiger partial charge in [0.25, 0.3) is 5.91 Å². The first-order chi connectivity index (χ1) is 12.0. The highest BCUT2D eigenvalue weighted by atomic mass is 32.2. The zero-order valence-corrected chi connectivity index (χ0v) is 14.8. The molecule has 0 saturated carbocycles. The van der Waals surface area contributed by atoms with E-state index in [4.69, 9.17) is 0 Å². The molecule has 25 heavy (non-hydrogen) atoms. The molecule has 0 fully saturated rings. The van der Waals surface area contributed by atoms with Crippen LogP contribution in [0.15, 0.2) is 60.0 Å². The number of imidazole rings is 1. The maximum absolute atomic E-state index is 12.2. The summed E-state index contributed by atoms with van der Waals surface area (Å²) in [5.41, 5.74) is 2.13. The van der Waals surface area contributed by atoms with E-state index >= 15 is 0 Å². The number of amides is 2. The largest absolute Gasteiger partial charge is 0.345 e. The molecule has 0 aliphatic heterocycles. The van der Waals surface area contributed by atoms with Crippen molar-refractivity contribution in [2.24, 2.45) is 0 Å². The summed E-state index contributed by atoms with van der Waals surface area (Å²) in [7, 11) is 3.39. The second kappa shape index (κ2) is 7.40. The van der Waals surface area contributed by atoms with E-state index in [1.54, 1.807) is 44.6 Å². The lowest BCUT2D eigenvalue weighted by Crippen LogP contribution is -2.22. The van der Waals surface area contributed by atoms with Crippen molar-refractivity contribution in [3.8, 4) is 0 Å². The molecule has 3 rings (SSSR count). The number of carbonyl (C=O) groups excluding carboxylic acids is 2. The van der Waals surface area contributed by atoms with E-state index in [1.807, 2.05) is 28.8 Å². The third-order valence-electron chi connectivity index (χ3n) is 3.54. The van der Waals surface area contributed by atoms with Crippen molar-refractivity contribution in [3.63, 3.8) is 0 Å². The molecule has 0 radical (unpaired) electrons. The van der Waals surface area contributed by atoms with Crippen LogP contribution >= 0.6 is 11.8 Å². The zero-order chi connectivity index (χ0) is 17.8. The maximum Gasteiger partial charge on any atom is 0.253 e. The van der Waals surface area contributed by atoms with Crippen LogP contribution in [0.5, 0.6) is 0 Å². The third-order valence-corrected chi connectivity index (χ3v) is 4.50. The summed E-state index contributed by atoms with van der Waals surface area (Å²) >= 11 is 1.36. The highest BCUT2D eigenvalue weighted by Gasteiger charge is 2.11. The molecular weight excluding hydrogens is 336 g/mol. The van der Waals surface area contributed by atoms with Crippen molar-refractivity contribution >= 4 is 34.8 Å². The van der Waals surface area contributed by atoms with Gasteiger partial charge in [-0.1, -0.05) is 23.9 Å². The Labute approximate surface area is 149 Å². The summed E-state index contributed by atoms with van der Waals surface area (Å²) < 4.78 is 1.94. The summed E-state index contributed by atoms with van der Waals surface area (Å²) in [4.78, 5) is 30.0. The van der Waals surface area contributed by atoms with Gasteiger partial charge in [-0.2, -0.15) is 0 Å². The highest BCUT2D eigenvalue weighted by molar-refractivity contribution is 7.99. The van der Waals surface area contributed by atoms with E-state index in [-0.39, 0.29) is 17.6 Å². The van der Waals surface area contributed by atoms with Crippen LogP contribution in [-0.2, 0) is 4.79 Å². The van der Waals surface area contributed by atoms with Crippen molar-refractivity contribution in [1.82, 2.24) is 14.3 Å². The Morgan fingerprint density at radius 2 is 2.04 bits per heavy atom. The molecule has 3 aromatic rings. The molecule has 1 aromatic carbocycles. The van der Waals surface area contributed by atoms with Crippen LogP contribution in [0.3, 0.4) is 0 Å². The Balaban J connectivity index is 1.63. The topological polar surface area (TPSA) is 66.7 Å². The predicted octanol–water partition coefficient (Wildman–Crippen LogP) is 2.77. The molecule has 7 heteroatoms. The first-order valence-corrected chi connectivity index (χ1v) is 8.69. The number of fused-ring (bicyclic) bond motifs is 1. The van der Waals surface area contributed by atoms with Crippen LogP contribution in [0, 0.1) is 0 Å². The number of aromatic nitrogens is 2. The minimum Gasteiger partial charge on any atom is -0.345 e. The molecule has 0 bridgehead atoms. The molecule has 1 N–H and O–H groups in total. The summed E-state index contributed by atoms with van der Waals surface area (Å²) in [5.74, 6) is -0.0127. The number of hydrogen-bond donors (Lipinski definition) is 1. The number of nitrogens with zero attached hydrogens (tertiary/aromatic N) is 3. The van der Waals surface area contributed by atoms with Crippen LogP contribution in [0.1, 0.15) is 10.4 Å². The average Bonchev–Trinajstić information content (AvgIpc) is 3.02. The summed E-state index contributed by atoms with van der Waals surface area (Å²) in [6.07, 6.45) is 3.69. The SMILES string of the molecule is CN(C)C(=O)c1cccc(NC(=O)CSc2ncc3ccccn23)c1. The number of thioether (sulfide) groups is 1. The fourth-order valence-electron chi connectivity index (χ4n) is 2.34. The van der Waals surface area contributed by atoms with E-state index < -0.39 is 0 Å². The summed E-state index contributed by atoms with van der Waals surface area (Å²) in [6, 6.07) is 12.7. The van der Waals surface area contributed by atoms with Crippen LogP contribution in [0.25, 0.3) is 5.52 Å². The van der Waals surface area contributed by atoms with Gasteiger partial charge in [-0.05, 0) is 30.3 Å². The fourth-order valence-corrected chi connectivity index (χ4v) is 3.11. The van der Waals surface area contributed by atoms with Crippen molar-refractivity contribution in [2.75, 3.05) is 25.2 Å². The van der Waals surface area contributed by atoms with Gasteiger partial charge >= 0.3 is 0 Å². The highest BCUT2D eigenvalue weighted by Crippen LogP contribution is 2.19. The van der Waals surface area contributed by atoms with E-state index in [1.165, 1.54) is 16.7 Å². The minimum atomic E-state index is -0.146. The zero-order valence-electron chi connectivity index (χ0n) is 14.0. The molecule has 0 atom stereocenters. The smallest absolute Gasteiger partial charge is 0.253 e. The lowest BCUT2D eigenvalue weighted by molar-refractivity contribution is -0.113. The second-order valence-electron chi connectivity index (χ2n) is 5.65. The molecule has 0 aliphatic carbocycles. The molecule has 6 nitrogen and oxygen atoms in total. The Morgan fingerprint density at radius 1 is 1.20 bits per heavy atom. The third kappa shape index (κ3) is 4.00. The molecule has 0 aliphatic rings. The van der Waals surface area contributed by atoms with E-state index in [0.717, 1.165) is 10.7 Å². The lowest BCUT2D eigenvalue weighted by atomic mass is 10.2. The standard InChI is InChI=1S/C18H18N4O2S/c1-21(2)17(24)13-6-5-7-14(10-13)20-16(23)12-25-18-19-11-15-8-3-4-9-22(15)18/h3-11H,12H2,1-2H3,(H,20,23). The van der Waals surface area contributed by atoms with Crippen LogP contribution in [0.4, 0.5) is 5.69 Å². The van der Waals surface area contributed by atoms with Crippen LogP contribution in [0.2, 0.25) is 0 Å². The Kier molecular flexibility index (Phi) is 5.04. The van der Waals surface area contributed by atoms with Gasteiger partial charge in [-0.3, -0.25) is 14.0 Å². The molecule has 0 spiro atoms. The fraction of sp³-hybridized carbons (Fsp3) is 0.167. The maximum atomic E-state index is 12.2. The van der Waals surface area contributed by atoms with Gasteiger partial charge in [0.05, 0.1) is 17.5 Å². The number of anilines is 1. The lowest BCUT2D eigenvalue weighted by Gasteiger charge is -2.11. The van der Waals surface area contributed by atoms with E-state index in [9.17, 15) is 9.59 Å². The Morgan fingerprint density at radius 3 is 2.84 bits per heavy atom. The van der Waals surface area contributed by atoms with Crippen LogP contribution < -0.4 is 5.32 Å². The molecule has 0 saturated heterocycles. The number of nitrogens with one attached hydrogen (secondary N) is 1. The van der Waals surface area contributed by atoms with Crippen molar-refractivity contribution in [2.45, 2.75) is 5.16 Å². The molecular formula is C18H18N4O2S. The Hall–Kier alpha value is -2.80. The van der Waals surface area contributed by atoms with Gasteiger partial charge in [0, 0.05) is 31.5 Å². The quantitative estimate of drug-likeness (QED) is 0.716. The summed E-state index contributed by atoms with van der Waals surface area (Å²) in [6.45, 7) is 0. The monoisotopic (exact) mass is 354 g/mol. The second-order valence-corrected chi connectivity index (χ2v) is 6.60. The number of rotatable bonds is 5. The first kappa shape index (κ1) is 17.0. The molecule has 0 unspecified atom stereocenters. The van der Waals surface area contributed by atoms with Gasteiger partial charge in [-0.25, -0.2) is 4.98 Å². The van der Waals surface area contributed by atoms with Gasteiger partial charge in [0.15, 0.2) is 5.16 Å². The molecule has 2 amide bonds. The molecule has 2 aromatic heterocycles. The molecule has 2 heterocycles. The first-order valence-electron chi connectivity index (χ1n) is 7.71. The number of hydrogen-bond acceptors (Lipinski definition) is 4. The van der Waals surface area contributed by atoms with E-state index in [2.05, 4.69) is 10.3 Å². The molecule has 128 valence electrons. The number of pyridine rings is 1. The van der Waals surface area contributed by atoms with Gasteiger partial charge in [-0.15, -0.1) is 0 Å². The number of benzene rings is 1. The predicted molar refractivity (Wildman–Crippen MR) is 99.0 cm³/mol. The van der Waals surface area contributed by atoms with Crippen molar-refractivity contribution in [3.05, 3.63) is 60.4 Å². The average molecular weight is 354 g/mol. The number of carbonyl (C=O) groups is 2. The van der Waals surface area contributed by atoms with E-state index in [0.29, 0.717) is 11.3 Å². The van der Waals surface area contributed by atoms with Gasteiger partial charge in [0.1, 0.15) is 0 Å². The normalized spacial score (nSPS) is 10.6. The van der Waals surface area contributed by atoms with Crippen molar-refractivity contribution < 1.29 is 9.59 Å². The van der Waals surface area contributed by atoms with Crippen LogP contribution in [-0.4, -0.2) is 45.9 Å². The van der Waals surface area contributed by atoms with Gasteiger partial charge < -0.3 is 10.2 Å². The minimum absolute atomic E-state index is 0.102. The van der Waals surface area contributed by atoms with Gasteiger partial charge in [0.2, 0.25) is 5.91 Å². The Bertz CT molecular complexity index is 920. The summed E-state index contributed by atoms with van der Waals surface area (Å²) in [5, 5.41) is 3.59. The van der Waals surface area contributed by atoms with Crippen molar-refractivity contribution in [1.29, 1.82) is 0 Å².